The number of aliphatic hydroxyl groups excluding tert-OH is 1. The third kappa shape index (κ3) is 2.81. The molecule has 0 heterocycles. The standard InChI is InChI=1S/C13H16O5/c1-16-11-7-13(18-3)12(17-2)6-10(11)9(8-15)4-5-14/h4,6-8,14H,5H2,1-3H3. The van der Waals surface area contributed by atoms with Gasteiger partial charge in [0.1, 0.15) is 5.75 Å². The molecule has 1 aromatic carbocycles. The Bertz CT molecular complexity index is 451. The fraction of sp³-hybridized carbons (Fsp3) is 0.308. The van der Waals surface area contributed by atoms with Gasteiger partial charge in [0.05, 0.1) is 27.9 Å². The fourth-order valence-electron chi connectivity index (χ4n) is 1.57. The molecule has 0 saturated heterocycles. The van der Waals surface area contributed by atoms with Crippen LogP contribution in [0.4, 0.5) is 0 Å². The average molecular weight is 252 g/mol. The second-order valence-electron chi connectivity index (χ2n) is 3.37. The summed E-state index contributed by atoms with van der Waals surface area (Å²) in [6.07, 6.45) is 2.05. The number of rotatable bonds is 6. The molecule has 0 radical (unpaired) electrons. The molecule has 0 amide bonds. The SMILES string of the molecule is COc1cc(OC)c(C(C=O)=CCO)cc1OC. The summed E-state index contributed by atoms with van der Waals surface area (Å²) in [5.74, 6) is 1.46. The molecule has 0 saturated carbocycles. The van der Waals surface area contributed by atoms with Crippen LogP contribution in [0.1, 0.15) is 5.56 Å². The van der Waals surface area contributed by atoms with Gasteiger partial charge < -0.3 is 19.3 Å². The highest BCUT2D eigenvalue weighted by atomic mass is 16.5. The van der Waals surface area contributed by atoms with E-state index in [1.165, 1.54) is 27.4 Å². The number of methoxy groups -OCH3 is 3. The van der Waals surface area contributed by atoms with Crippen molar-refractivity contribution in [3.8, 4) is 17.2 Å². The third-order valence-corrected chi connectivity index (χ3v) is 2.45. The van der Waals surface area contributed by atoms with Crippen LogP contribution in [0.2, 0.25) is 0 Å². The molecule has 0 bridgehead atoms. The first-order valence-electron chi connectivity index (χ1n) is 5.28. The van der Waals surface area contributed by atoms with E-state index in [-0.39, 0.29) is 6.61 Å². The number of carbonyl (C=O) groups is 1. The van der Waals surface area contributed by atoms with Gasteiger partial charge in [-0.15, -0.1) is 0 Å². The summed E-state index contributed by atoms with van der Waals surface area (Å²) < 4.78 is 15.5. The number of carbonyl (C=O) groups excluding carboxylic acids is 1. The molecule has 1 aromatic rings. The lowest BCUT2D eigenvalue weighted by atomic mass is 10.0. The minimum absolute atomic E-state index is 0.231. The van der Waals surface area contributed by atoms with Crippen molar-refractivity contribution in [2.75, 3.05) is 27.9 Å². The Morgan fingerprint density at radius 2 is 1.67 bits per heavy atom. The first-order chi connectivity index (χ1) is 8.71. The normalized spacial score (nSPS) is 11.0. The van der Waals surface area contributed by atoms with Gasteiger partial charge >= 0.3 is 0 Å². The number of hydrogen-bond acceptors (Lipinski definition) is 5. The molecule has 0 aliphatic carbocycles. The Labute approximate surface area is 106 Å². The lowest BCUT2D eigenvalue weighted by Crippen LogP contribution is -1.98. The molecule has 0 aliphatic heterocycles. The topological polar surface area (TPSA) is 65.0 Å². The number of hydrogen-bond donors (Lipinski definition) is 1. The van der Waals surface area contributed by atoms with E-state index in [4.69, 9.17) is 19.3 Å². The van der Waals surface area contributed by atoms with Crippen molar-refractivity contribution in [3.63, 3.8) is 0 Å². The Hall–Kier alpha value is -2.01. The van der Waals surface area contributed by atoms with Crippen LogP contribution < -0.4 is 14.2 Å². The van der Waals surface area contributed by atoms with Crippen LogP contribution in [0.25, 0.3) is 5.57 Å². The Kier molecular flexibility index (Phi) is 5.20. The van der Waals surface area contributed by atoms with Crippen molar-refractivity contribution in [1.82, 2.24) is 0 Å². The van der Waals surface area contributed by atoms with Crippen LogP contribution in [0.15, 0.2) is 18.2 Å². The predicted octanol–water partition coefficient (Wildman–Crippen LogP) is 1.29. The molecular weight excluding hydrogens is 236 g/mol. The van der Waals surface area contributed by atoms with Crippen LogP contribution in [0, 0.1) is 0 Å². The first kappa shape index (κ1) is 14.1. The van der Waals surface area contributed by atoms with Crippen molar-refractivity contribution in [1.29, 1.82) is 0 Å². The molecule has 1 N–H and O–H groups in total. The van der Waals surface area contributed by atoms with Crippen molar-refractivity contribution in [2.24, 2.45) is 0 Å². The summed E-state index contributed by atoms with van der Waals surface area (Å²) in [7, 11) is 4.51. The van der Waals surface area contributed by atoms with Gasteiger partial charge in [0.15, 0.2) is 17.8 Å². The number of aliphatic hydroxyl groups is 1. The predicted molar refractivity (Wildman–Crippen MR) is 67.2 cm³/mol. The van der Waals surface area contributed by atoms with E-state index in [9.17, 15) is 4.79 Å². The number of ether oxygens (including phenoxy) is 3. The lowest BCUT2D eigenvalue weighted by molar-refractivity contribution is -0.103. The number of aldehydes is 1. The van der Waals surface area contributed by atoms with Crippen LogP contribution in [-0.2, 0) is 4.79 Å². The molecule has 5 heteroatoms. The number of allylic oxidation sites excluding steroid dienone is 1. The lowest BCUT2D eigenvalue weighted by Gasteiger charge is -2.13. The minimum atomic E-state index is -0.231. The highest BCUT2D eigenvalue weighted by Crippen LogP contribution is 2.37. The van der Waals surface area contributed by atoms with E-state index in [0.717, 1.165) is 0 Å². The summed E-state index contributed by atoms with van der Waals surface area (Å²) in [6.45, 7) is -0.231. The summed E-state index contributed by atoms with van der Waals surface area (Å²) in [5, 5.41) is 8.89. The Morgan fingerprint density at radius 1 is 1.11 bits per heavy atom. The van der Waals surface area contributed by atoms with Crippen LogP contribution in [-0.4, -0.2) is 39.3 Å². The third-order valence-electron chi connectivity index (χ3n) is 2.45. The summed E-state index contributed by atoms with van der Waals surface area (Å²) in [4.78, 5) is 11.0. The average Bonchev–Trinajstić information content (AvgIpc) is 2.43. The van der Waals surface area contributed by atoms with Gasteiger partial charge in [-0.25, -0.2) is 0 Å². The van der Waals surface area contributed by atoms with Crippen LogP contribution >= 0.6 is 0 Å². The van der Waals surface area contributed by atoms with Crippen LogP contribution in [0.3, 0.4) is 0 Å². The van der Waals surface area contributed by atoms with Gasteiger partial charge in [0, 0.05) is 17.2 Å². The zero-order chi connectivity index (χ0) is 13.5. The van der Waals surface area contributed by atoms with E-state index < -0.39 is 0 Å². The molecule has 0 unspecified atom stereocenters. The molecule has 0 aliphatic rings. The van der Waals surface area contributed by atoms with E-state index >= 15 is 0 Å². The van der Waals surface area contributed by atoms with Crippen molar-refractivity contribution in [3.05, 3.63) is 23.8 Å². The van der Waals surface area contributed by atoms with Gasteiger partial charge in [-0.2, -0.15) is 0 Å². The zero-order valence-electron chi connectivity index (χ0n) is 10.6. The van der Waals surface area contributed by atoms with Gasteiger partial charge in [0.25, 0.3) is 0 Å². The molecule has 0 spiro atoms. The number of benzene rings is 1. The second-order valence-corrected chi connectivity index (χ2v) is 3.37. The first-order valence-corrected chi connectivity index (χ1v) is 5.28. The van der Waals surface area contributed by atoms with Gasteiger partial charge in [-0.05, 0) is 12.1 Å². The van der Waals surface area contributed by atoms with E-state index in [1.807, 2.05) is 0 Å². The van der Waals surface area contributed by atoms with E-state index in [0.29, 0.717) is 34.7 Å². The Balaban J connectivity index is 3.41. The smallest absolute Gasteiger partial charge is 0.164 e. The van der Waals surface area contributed by atoms with Crippen molar-refractivity contribution in [2.45, 2.75) is 0 Å². The van der Waals surface area contributed by atoms with E-state index in [1.54, 1.807) is 12.1 Å². The largest absolute Gasteiger partial charge is 0.496 e. The molecular formula is C13H16O5. The Morgan fingerprint density at radius 3 is 2.11 bits per heavy atom. The van der Waals surface area contributed by atoms with Gasteiger partial charge in [-0.3, -0.25) is 4.79 Å². The molecule has 0 fully saturated rings. The van der Waals surface area contributed by atoms with E-state index in [2.05, 4.69) is 0 Å². The fourth-order valence-corrected chi connectivity index (χ4v) is 1.57. The highest BCUT2D eigenvalue weighted by Gasteiger charge is 2.14. The van der Waals surface area contributed by atoms with Crippen LogP contribution in [0.5, 0.6) is 17.2 Å². The molecule has 0 aromatic heterocycles. The molecule has 5 nitrogen and oxygen atoms in total. The van der Waals surface area contributed by atoms with Crippen molar-refractivity contribution < 1.29 is 24.1 Å². The maximum atomic E-state index is 11.0. The zero-order valence-corrected chi connectivity index (χ0v) is 10.6. The summed E-state index contributed by atoms with van der Waals surface area (Å²) in [5.41, 5.74) is 0.870. The van der Waals surface area contributed by atoms with Gasteiger partial charge in [0.2, 0.25) is 0 Å². The summed E-state index contributed by atoms with van der Waals surface area (Å²) in [6, 6.07) is 3.26. The second kappa shape index (κ2) is 6.66. The monoisotopic (exact) mass is 252 g/mol. The maximum Gasteiger partial charge on any atom is 0.164 e. The van der Waals surface area contributed by atoms with Crippen molar-refractivity contribution >= 4 is 11.9 Å². The molecule has 98 valence electrons. The minimum Gasteiger partial charge on any atom is -0.496 e. The molecule has 0 atom stereocenters. The van der Waals surface area contributed by atoms with Gasteiger partial charge in [-0.1, -0.05) is 0 Å². The summed E-state index contributed by atoms with van der Waals surface area (Å²) >= 11 is 0. The molecule has 1 rings (SSSR count). The maximum absolute atomic E-state index is 11.0. The highest BCUT2D eigenvalue weighted by molar-refractivity contribution is 6.08. The quantitative estimate of drug-likeness (QED) is 0.610. The molecule has 18 heavy (non-hydrogen) atoms.